The number of rotatable bonds is 4. The summed E-state index contributed by atoms with van der Waals surface area (Å²) >= 11 is 5.80. The van der Waals surface area contributed by atoms with Crippen LogP contribution >= 0.6 is 11.6 Å². The standard InChI is InChI=1S/C10H17ClN6/c1-12-9-14-8(11)15-10(16-9)13-5-7-3-4-17(2)6-7/h7H,3-6H2,1-2H3,(H2,12,13,14,15,16). The molecule has 0 spiro atoms. The van der Waals surface area contributed by atoms with E-state index in [1.807, 2.05) is 0 Å². The van der Waals surface area contributed by atoms with Crippen LogP contribution in [0.15, 0.2) is 0 Å². The summed E-state index contributed by atoms with van der Waals surface area (Å²) in [7, 11) is 3.89. The third-order valence-corrected chi connectivity index (χ3v) is 3.04. The van der Waals surface area contributed by atoms with Crippen molar-refractivity contribution in [3.8, 4) is 0 Å². The van der Waals surface area contributed by atoms with Crippen molar-refractivity contribution in [2.24, 2.45) is 5.92 Å². The smallest absolute Gasteiger partial charge is 0.228 e. The Bertz CT molecular complexity index is 385. The van der Waals surface area contributed by atoms with Gasteiger partial charge in [-0.25, -0.2) is 0 Å². The molecule has 2 rings (SSSR count). The number of likely N-dealkylation sites (tertiary alicyclic amines) is 1. The molecule has 2 N–H and O–H groups in total. The Kier molecular flexibility index (Phi) is 3.96. The minimum atomic E-state index is 0.204. The molecular formula is C10H17ClN6. The number of hydrogen-bond donors (Lipinski definition) is 2. The molecule has 6 nitrogen and oxygen atoms in total. The molecule has 1 saturated heterocycles. The molecule has 0 aliphatic carbocycles. The first-order chi connectivity index (χ1) is 8.17. The highest BCUT2D eigenvalue weighted by Crippen LogP contribution is 2.15. The van der Waals surface area contributed by atoms with Gasteiger partial charge in [-0.1, -0.05) is 0 Å². The molecular weight excluding hydrogens is 240 g/mol. The van der Waals surface area contributed by atoms with Gasteiger partial charge >= 0.3 is 0 Å². The number of halogens is 1. The first-order valence-corrected chi connectivity index (χ1v) is 6.07. The fourth-order valence-corrected chi connectivity index (χ4v) is 2.13. The quantitative estimate of drug-likeness (QED) is 0.836. The minimum absolute atomic E-state index is 0.204. The van der Waals surface area contributed by atoms with Crippen molar-refractivity contribution in [2.45, 2.75) is 6.42 Å². The molecule has 1 aromatic rings. The van der Waals surface area contributed by atoms with Crippen molar-refractivity contribution in [1.82, 2.24) is 19.9 Å². The van der Waals surface area contributed by atoms with Gasteiger partial charge in [0.1, 0.15) is 0 Å². The van der Waals surface area contributed by atoms with Crippen molar-refractivity contribution in [2.75, 3.05) is 44.4 Å². The molecule has 0 bridgehead atoms. The van der Waals surface area contributed by atoms with Crippen molar-refractivity contribution in [3.63, 3.8) is 0 Å². The van der Waals surface area contributed by atoms with Crippen LogP contribution < -0.4 is 10.6 Å². The summed E-state index contributed by atoms with van der Waals surface area (Å²) in [5.41, 5.74) is 0. The van der Waals surface area contributed by atoms with E-state index in [0.29, 0.717) is 17.8 Å². The van der Waals surface area contributed by atoms with E-state index in [1.165, 1.54) is 6.42 Å². The van der Waals surface area contributed by atoms with Gasteiger partial charge in [-0.05, 0) is 37.5 Å². The molecule has 0 saturated carbocycles. The molecule has 0 amide bonds. The maximum Gasteiger partial charge on any atom is 0.228 e. The molecule has 7 heteroatoms. The largest absolute Gasteiger partial charge is 0.357 e. The number of hydrogen-bond acceptors (Lipinski definition) is 6. The monoisotopic (exact) mass is 256 g/mol. The topological polar surface area (TPSA) is 66.0 Å². The zero-order valence-electron chi connectivity index (χ0n) is 10.1. The fraction of sp³-hybridized carbons (Fsp3) is 0.700. The van der Waals surface area contributed by atoms with Gasteiger partial charge in [0, 0.05) is 20.1 Å². The van der Waals surface area contributed by atoms with Crippen molar-refractivity contribution in [3.05, 3.63) is 5.28 Å². The summed E-state index contributed by atoms with van der Waals surface area (Å²) in [6.07, 6.45) is 1.21. The van der Waals surface area contributed by atoms with E-state index in [0.717, 1.165) is 19.6 Å². The SMILES string of the molecule is CNc1nc(Cl)nc(NCC2CCN(C)C2)n1. The predicted molar refractivity (Wildman–Crippen MR) is 68.5 cm³/mol. The lowest BCUT2D eigenvalue weighted by Crippen LogP contribution is -2.20. The summed E-state index contributed by atoms with van der Waals surface area (Å²) in [5, 5.41) is 6.26. The number of nitrogens with zero attached hydrogens (tertiary/aromatic N) is 4. The molecule has 1 aliphatic rings. The van der Waals surface area contributed by atoms with Gasteiger partial charge in [0.05, 0.1) is 0 Å². The normalized spacial score (nSPS) is 20.5. The summed E-state index contributed by atoms with van der Waals surface area (Å²) in [5.74, 6) is 1.66. The fourth-order valence-electron chi connectivity index (χ4n) is 1.97. The lowest BCUT2D eigenvalue weighted by Gasteiger charge is -2.11. The molecule has 2 heterocycles. The predicted octanol–water partition coefficient (Wildman–Crippen LogP) is 0.930. The average molecular weight is 257 g/mol. The van der Waals surface area contributed by atoms with E-state index in [9.17, 15) is 0 Å². The molecule has 94 valence electrons. The van der Waals surface area contributed by atoms with Crippen molar-refractivity contribution >= 4 is 23.5 Å². The maximum atomic E-state index is 5.80. The summed E-state index contributed by atoms with van der Waals surface area (Å²) in [4.78, 5) is 14.5. The zero-order valence-corrected chi connectivity index (χ0v) is 10.8. The minimum Gasteiger partial charge on any atom is -0.357 e. The summed E-state index contributed by atoms with van der Waals surface area (Å²) in [6, 6.07) is 0. The molecule has 1 aliphatic heterocycles. The van der Waals surface area contributed by atoms with Gasteiger partial charge in [-0.3, -0.25) is 0 Å². The lowest BCUT2D eigenvalue weighted by atomic mass is 10.1. The maximum absolute atomic E-state index is 5.80. The van der Waals surface area contributed by atoms with Gasteiger partial charge in [0.2, 0.25) is 17.2 Å². The molecule has 0 aromatic carbocycles. The number of aromatic nitrogens is 3. The van der Waals surface area contributed by atoms with E-state index in [1.54, 1.807) is 7.05 Å². The van der Waals surface area contributed by atoms with Gasteiger partial charge < -0.3 is 15.5 Å². The summed E-state index contributed by atoms with van der Waals surface area (Å²) < 4.78 is 0. The lowest BCUT2D eigenvalue weighted by molar-refractivity contribution is 0.399. The highest BCUT2D eigenvalue weighted by atomic mass is 35.5. The Labute approximate surface area is 106 Å². The Morgan fingerprint density at radius 3 is 2.76 bits per heavy atom. The van der Waals surface area contributed by atoms with Gasteiger partial charge in [-0.2, -0.15) is 15.0 Å². The van der Waals surface area contributed by atoms with E-state index >= 15 is 0 Å². The van der Waals surface area contributed by atoms with Crippen LogP contribution in [0.25, 0.3) is 0 Å². The van der Waals surface area contributed by atoms with Crippen LogP contribution in [0, 0.1) is 5.92 Å². The van der Waals surface area contributed by atoms with Crippen LogP contribution in [0.5, 0.6) is 0 Å². The first-order valence-electron chi connectivity index (χ1n) is 5.69. The van der Waals surface area contributed by atoms with E-state index < -0.39 is 0 Å². The van der Waals surface area contributed by atoms with E-state index in [4.69, 9.17) is 11.6 Å². The third-order valence-electron chi connectivity index (χ3n) is 2.87. The van der Waals surface area contributed by atoms with E-state index in [-0.39, 0.29) is 5.28 Å². The van der Waals surface area contributed by atoms with Crippen LogP contribution in [0.2, 0.25) is 5.28 Å². The van der Waals surface area contributed by atoms with Crippen LogP contribution in [-0.4, -0.2) is 53.6 Å². The molecule has 17 heavy (non-hydrogen) atoms. The third kappa shape index (κ3) is 3.41. The average Bonchev–Trinajstić information content (AvgIpc) is 2.72. The number of nitrogens with one attached hydrogen (secondary N) is 2. The first kappa shape index (κ1) is 12.3. The van der Waals surface area contributed by atoms with Crippen LogP contribution in [-0.2, 0) is 0 Å². The van der Waals surface area contributed by atoms with Crippen LogP contribution in [0.1, 0.15) is 6.42 Å². The molecule has 1 atom stereocenters. The summed E-state index contributed by atoms with van der Waals surface area (Å²) in [6.45, 7) is 3.14. The second-order valence-corrected chi connectivity index (χ2v) is 4.64. The van der Waals surface area contributed by atoms with Gasteiger partial charge in [-0.15, -0.1) is 0 Å². The highest BCUT2D eigenvalue weighted by molar-refractivity contribution is 6.28. The number of anilines is 2. The Morgan fingerprint density at radius 2 is 2.12 bits per heavy atom. The van der Waals surface area contributed by atoms with Crippen LogP contribution in [0.3, 0.4) is 0 Å². The Balaban J connectivity index is 1.92. The molecule has 1 fully saturated rings. The van der Waals surface area contributed by atoms with Crippen molar-refractivity contribution in [1.29, 1.82) is 0 Å². The molecule has 1 unspecified atom stereocenters. The van der Waals surface area contributed by atoms with Crippen LogP contribution in [0.4, 0.5) is 11.9 Å². The Hall–Kier alpha value is -1.14. The molecule has 1 aromatic heterocycles. The zero-order chi connectivity index (χ0) is 12.3. The Morgan fingerprint density at radius 1 is 1.35 bits per heavy atom. The van der Waals surface area contributed by atoms with E-state index in [2.05, 4.69) is 37.5 Å². The van der Waals surface area contributed by atoms with Crippen molar-refractivity contribution < 1.29 is 0 Å². The second kappa shape index (κ2) is 5.46. The van der Waals surface area contributed by atoms with Gasteiger partial charge in [0.25, 0.3) is 0 Å². The van der Waals surface area contributed by atoms with Gasteiger partial charge in [0.15, 0.2) is 0 Å². The molecule has 0 radical (unpaired) electrons. The second-order valence-electron chi connectivity index (χ2n) is 4.30. The highest BCUT2D eigenvalue weighted by Gasteiger charge is 2.19.